The zero-order valence-corrected chi connectivity index (χ0v) is 17.0. The number of nitrogens with one attached hydrogen (secondary N) is 1. The number of amides is 1. The molecular weight excluding hydrogens is 404 g/mol. The molecule has 0 bridgehead atoms. The summed E-state index contributed by atoms with van der Waals surface area (Å²) in [6.45, 7) is 1.87. The Balaban J connectivity index is 2.11. The standard InChI is InChI=1S/C20H18N6O3S/c1-10-7-8-13-12(9-23-26-13)15(10)17-16(21)18(19(22)27)25-20(24-17)11-5-3-4-6-14(11)30(2,28)29/h3-9H,21H2,1-2H3,(H2,22,27)(H,23,26). The number of aryl methyl sites for hydroxylation is 1. The molecule has 0 unspecified atom stereocenters. The molecule has 9 nitrogen and oxygen atoms in total. The third kappa shape index (κ3) is 3.16. The second-order valence-electron chi connectivity index (χ2n) is 6.88. The number of primary amides is 1. The van der Waals surface area contributed by atoms with Crippen molar-refractivity contribution in [3.8, 4) is 22.6 Å². The van der Waals surface area contributed by atoms with Crippen molar-refractivity contribution >= 4 is 32.3 Å². The maximum atomic E-state index is 12.3. The van der Waals surface area contributed by atoms with Gasteiger partial charge in [0.1, 0.15) is 0 Å². The van der Waals surface area contributed by atoms with Crippen molar-refractivity contribution in [1.82, 2.24) is 20.2 Å². The molecular formula is C20H18N6O3S. The summed E-state index contributed by atoms with van der Waals surface area (Å²) in [7, 11) is -3.58. The summed E-state index contributed by atoms with van der Waals surface area (Å²) < 4.78 is 24.6. The summed E-state index contributed by atoms with van der Waals surface area (Å²) in [6, 6.07) is 10.0. The number of hydrogen-bond donors (Lipinski definition) is 3. The first-order chi connectivity index (χ1) is 14.2. The minimum absolute atomic E-state index is 0.0138. The number of nitrogens with zero attached hydrogens (tertiary/aromatic N) is 3. The molecule has 0 aliphatic heterocycles. The van der Waals surface area contributed by atoms with Crippen molar-refractivity contribution in [2.75, 3.05) is 12.0 Å². The van der Waals surface area contributed by atoms with Gasteiger partial charge in [0.2, 0.25) is 0 Å². The smallest absolute Gasteiger partial charge is 0.269 e. The maximum absolute atomic E-state index is 12.3. The quantitative estimate of drug-likeness (QED) is 0.454. The van der Waals surface area contributed by atoms with E-state index in [1.54, 1.807) is 24.4 Å². The van der Waals surface area contributed by atoms with Gasteiger partial charge in [-0.05, 0) is 30.7 Å². The van der Waals surface area contributed by atoms with Gasteiger partial charge in [-0.25, -0.2) is 18.4 Å². The summed E-state index contributed by atoms with van der Waals surface area (Å²) in [5, 5.41) is 7.69. The molecule has 0 aliphatic rings. The molecule has 1 amide bonds. The Kier molecular flexibility index (Phi) is 4.50. The van der Waals surface area contributed by atoms with Crippen molar-refractivity contribution < 1.29 is 13.2 Å². The van der Waals surface area contributed by atoms with Gasteiger partial charge in [0.25, 0.3) is 5.91 Å². The zero-order valence-electron chi connectivity index (χ0n) is 16.2. The van der Waals surface area contributed by atoms with Gasteiger partial charge in [-0.15, -0.1) is 0 Å². The van der Waals surface area contributed by atoms with Crippen LogP contribution in [-0.2, 0) is 9.84 Å². The second kappa shape index (κ2) is 6.92. The van der Waals surface area contributed by atoms with Gasteiger partial charge in [-0.3, -0.25) is 9.89 Å². The van der Waals surface area contributed by atoms with Crippen molar-refractivity contribution in [3.05, 3.63) is 53.9 Å². The molecule has 2 heterocycles. The van der Waals surface area contributed by atoms with E-state index in [1.165, 1.54) is 6.07 Å². The molecule has 2 aromatic heterocycles. The molecule has 0 aliphatic carbocycles. The Hall–Kier alpha value is -3.79. The van der Waals surface area contributed by atoms with E-state index in [-0.39, 0.29) is 33.4 Å². The number of carbonyl (C=O) groups excluding carboxylic acids is 1. The predicted octanol–water partition coefficient (Wildman–Crippen LogP) is 2.08. The van der Waals surface area contributed by atoms with Crippen LogP contribution in [0.2, 0.25) is 0 Å². The molecule has 10 heteroatoms. The summed E-state index contributed by atoms with van der Waals surface area (Å²) in [5.74, 6) is -0.805. The monoisotopic (exact) mass is 422 g/mol. The number of nitrogen functional groups attached to an aromatic ring is 1. The molecule has 152 valence electrons. The number of aromatic amines is 1. The zero-order chi connectivity index (χ0) is 21.6. The van der Waals surface area contributed by atoms with Crippen LogP contribution < -0.4 is 11.5 Å². The van der Waals surface area contributed by atoms with Gasteiger partial charge in [0, 0.05) is 22.8 Å². The number of carbonyl (C=O) groups is 1. The van der Waals surface area contributed by atoms with Crippen LogP contribution in [0.3, 0.4) is 0 Å². The van der Waals surface area contributed by atoms with E-state index in [4.69, 9.17) is 11.5 Å². The van der Waals surface area contributed by atoms with E-state index in [9.17, 15) is 13.2 Å². The van der Waals surface area contributed by atoms with E-state index >= 15 is 0 Å². The van der Waals surface area contributed by atoms with Crippen LogP contribution in [-0.4, -0.2) is 40.7 Å². The highest BCUT2D eigenvalue weighted by atomic mass is 32.2. The lowest BCUT2D eigenvalue weighted by atomic mass is 9.99. The minimum Gasteiger partial charge on any atom is -0.395 e. The SMILES string of the molecule is Cc1ccc2[nH]ncc2c1-c1nc(-c2ccccc2S(C)(=O)=O)nc(C(N)=O)c1N. The largest absolute Gasteiger partial charge is 0.395 e. The van der Waals surface area contributed by atoms with Gasteiger partial charge in [0.05, 0.1) is 28.0 Å². The normalized spacial score (nSPS) is 11.7. The highest BCUT2D eigenvalue weighted by Crippen LogP contribution is 2.36. The topological polar surface area (TPSA) is 158 Å². The van der Waals surface area contributed by atoms with Crippen LogP contribution in [0, 0.1) is 6.92 Å². The van der Waals surface area contributed by atoms with Crippen LogP contribution in [0.4, 0.5) is 5.69 Å². The molecule has 0 radical (unpaired) electrons. The first kappa shape index (κ1) is 19.5. The Morgan fingerprint density at radius 3 is 2.53 bits per heavy atom. The Labute approximate surface area is 172 Å². The van der Waals surface area contributed by atoms with Gasteiger partial charge in [-0.2, -0.15) is 5.10 Å². The van der Waals surface area contributed by atoms with E-state index in [2.05, 4.69) is 20.2 Å². The van der Waals surface area contributed by atoms with E-state index in [1.807, 2.05) is 19.1 Å². The molecule has 0 atom stereocenters. The molecule has 4 aromatic rings. The van der Waals surface area contributed by atoms with Crippen LogP contribution >= 0.6 is 0 Å². The van der Waals surface area contributed by atoms with Crippen LogP contribution in [0.1, 0.15) is 16.1 Å². The molecule has 0 saturated heterocycles. The number of anilines is 1. The maximum Gasteiger partial charge on any atom is 0.269 e. The van der Waals surface area contributed by atoms with Gasteiger partial charge in [0.15, 0.2) is 21.4 Å². The number of fused-ring (bicyclic) bond motifs is 1. The van der Waals surface area contributed by atoms with Crippen LogP contribution in [0.5, 0.6) is 0 Å². The molecule has 30 heavy (non-hydrogen) atoms. The van der Waals surface area contributed by atoms with Gasteiger partial charge in [-0.1, -0.05) is 18.2 Å². The molecule has 0 spiro atoms. The highest BCUT2D eigenvalue weighted by Gasteiger charge is 2.23. The average molecular weight is 422 g/mol. The van der Waals surface area contributed by atoms with E-state index in [0.717, 1.165) is 22.7 Å². The fourth-order valence-electron chi connectivity index (χ4n) is 3.38. The van der Waals surface area contributed by atoms with Crippen molar-refractivity contribution in [3.63, 3.8) is 0 Å². The number of hydrogen-bond acceptors (Lipinski definition) is 7. The molecule has 0 saturated carbocycles. The van der Waals surface area contributed by atoms with Crippen LogP contribution in [0.15, 0.2) is 47.5 Å². The predicted molar refractivity (Wildman–Crippen MR) is 113 cm³/mol. The number of sulfone groups is 1. The fourth-order valence-corrected chi connectivity index (χ4v) is 4.27. The molecule has 0 fully saturated rings. The van der Waals surface area contributed by atoms with Crippen molar-refractivity contribution in [1.29, 1.82) is 0 Å². The highest BCUT2D eigenvalue weighted by molar-refractivity contribution is 7.90. The van der Waals surface area contributed by atoms with Gasteiger partial charge >= 0.3 is 0 Å². The first-order valence-corrected chi connectivity index (χ1v) is 10.8. The summed E-state index contributed by atoms with van der Waals surface area (Å²) >= 11 is 0. The Morgan fingerprint density at radius 2 is 1.83 bits per heavy atom. The first-order valence-electron chi connectivity index (χ1n) is 8.88. The number of benzene rings is 2. The number of nitrogens with two attached hydrogens (primary N) is 2. The Bertz CT molecular complexity index is 1430. The number of rotatable bonds is 4. The van der Waals surface area contributed by atoms with E-state index < -0.39 is 15.7 Å². The van der Waals surface area contributed by atoms with Gasteiger partial charge < -0.3 is 11.5 Å². The fraction of sp³-hybridized carbons (Fsp3) is 0.100. The second-order valence-corrected chi connectivity index (χ2v) is 8.86. The van der Waals surface area contributed by atoms with Crippen LogP contribution in [0.25, 0.3) is 33.5 Å². The van der Waals surface area contributed by atoms with Crippen molar-refractivity contribution in [2.24, 2.45) is 5.73 Å². The molecule has 4 rings (SSSR count). The summed E-state index contributed by atoms with van der Waals surface area (Å²) in [4.78, 5) is 20.9. The number of aromatic nitrogens is 4. The summed E-state index contributed by atoms with van der Waals surface area (Å²) in [6.07, 6.45) is 2.72. The lowest BCUT2D eigenvalue weighted by molar-refractivity contribution is 0.0996. The molecule has 5 N–H and O–H groups in total. The minimum atomic E-state index is -3.58. The third-order valence-corrected chi connectivity index (χ3v) is 5.93. The lowest BCUT2D eigenvalue weighted by Crippen LogP contribution is -2.18. The van der Waals surface area contributed by atoms with E-state index in [0.29, 0.717) is 5.56 Å². The third-order valence-electron chi connectivity index (χ3n) is 4.78. The Morgan fingerprint density at radius 1 is 1.10 bits per heavy atom. The van der Waals surface area contributed by atoms with Crippen molar-refractivity contribution in [2.45, 2.75) is 11.8 Å². The lowest BCUT2D eigenvalue weighted by Gasteiger charge is -2.15. The molecule has 2 aromatic carbocycles. The number of H-pyrrole nitrogens is 1. The summed E-state index contributed by atoms with van der Waals surface area (Å²) in [5.41, 5.74) is 14.4. The average Bonchev–Trinajstić information content (AvgIpc) is 3.16.